The average Bonchev–Trinajstić information content (AvgIpc) is 2.21. The molecule has 0 saturated carbocycles. The molecule has 0 aliphatic heterocycles. The molecule has 1 rings (SSSR count). The second-order valence-corrected chi connectivity index (χ2v) is 3.40. The Morgan fingerprint density at radius 1 is 1.47 bits per heavy atom. The van der Waals surface area contributed by atoms with Crippen molar-refractivity contribution >= 4 is 23.0 Å². The zero-order valence-corrected chi connectivity index (χ0v) is 9.89. The number of nitrogens with one attached hydrogen (secondary N) is 1. The van der Waals surface area contributed by atoms with E-state index in [0.29, 0.717) is 12.3 Å². The molecule has 0 saturated heterocycles. The van der Waals surface area contributed by atoms with Crippen LogP contribution < -0.4 is 20.5 Å². The summed E-state index contributed by atoms with van der Waals surface area (Å²) >= 11 is 4.66. The van der Waals surface area contributed by atoms with Crippen LogP contribution in [0.15, 0.2) is 18.2 Å². The average molecular weight is 262 g/mol. The van der Waals surface area contributed by atoms with Gasteiger partial charge in [-0.2, -0.15) is 8.78 Å². The van der Waals surface area contributed by atoms with Crippen LogP contribution in [0, 0.1) is 0 Å². The minimum Gasteiger partial charge on any atom is -0.490 e. The van der Waals surface area contributed by atoms with E-state index < -0.39 is 6.61 Å². The van der Waals surface area contributed by atoms with Gasteiger partial charge < -0.3 is 20.5 Å². The molecule has 0 spiro atoms. The van der Waals surface area contributed by atoms with Crippen molar-refractivity contribution in [1.82, 2.24) is 0 Å². The number of hydrogen-bond donors (Lipinski definition) is 2. The Morgan fingerprint density at radius 2 is 2.18 bits per heavy atom. The van der Waals surface area contributed by atoms with Gasteiger partial charge in [-0.3, -0.25) is 0 Å². The zero-order valence-electron chi connectivity index (χ0n) is 9.07. The van der Waals surface area contributed by atoms with Crippen molar-refractivity contribution in [3.8, 4) is 11.5 Å². The second kappa shape index (κ2) is 6.19. The molecule has 1 aromatic carbocycles. The van der Waals surface area contributed by atoms with Gasteiger partial charge in [-0.05, 0) is 31.3 Å². The lowest BCUT2D eigenvalue weighted by Gasteiger charge is -2.13. The van der Waals surface area contributed by atoms with Crippen LogP contribution in [0.5, 0.6) is 11.5 Å². The van der Waals surface area contributed by atoms with Gasteiger partial charge in [-0.25, -0.2) is 0 Å². The number of nitrogens with two attached hydrogens (primary N) is 1. The van der Waals surface area contributed by atoms with E-state index >= 15 is 0 Å². The summed E-state index contributed by atoms with van der Waals surface area (Å²) in [6.45, 7) is -0.834. The zero-order chi connectivity index (χ0) is 12.8. The van der Waals surface area contributed by atoms with Crippen LogP contribution in [0.3, 0.4) is 0 Å². The van der Waals surface area contributed by atoms with Crippen molar-refractivity contribution in [2.24, 2.45) is 5.73 Å². The molecule has 0 aliphatic rings. The van der Waals surface area contributed by atoms with Crippen molar-refractivity contribution in [2.45, 2.75) is 13.5 Å². The Kier molecular flexibility index (Phi) is 4.89. The van der Waals surface area contributed by atoms with Crippen LogP contribution in [0.4, 0.5) is 14.5 Å². The van der Waals surface area contributed by atoms with Crippen molar-refractivity contribution in [2.75, 3.05) is 11.9 Å². The number of rotatable bonds is 5. The van der Waals surface area contributed by atoms with E-state index in [1.165, 1.54) is 18.2 Å². The molecule has 0 atom stereocenters. The van der Waals surface area contributed by atoms with E-state index in [9.17, 15) is 8.78 Å². The molecule has 0 fully saturated rings. The maximum absolute atomic E-state index is 12.1. The fourth-order valence-corrected chi connectivity index (χ4v) is 1.31. The summed E-state index contributed by atoms with van der Waals surface area (Å²) in [7, 11) is 0. The number of benzene rings is 1. The fraction of sp³-hybridized carbons (Fsp3) is 0.300. The first-order valence-corrected chi connectivity index (χ1v) is 5.22. The predicted molar refractivity (Wildman–Crippen MR) is 64.7 cm³/mol. The lowest BCUT2D eigenvalue weighted by molar-refractivity contribution is -0.0514. The van der Waals surface area contributed by atoms with E-state index in [1.807, 2.05) is 0 Å². The Hall–Kier alpha value is -1.63. The molecular weight excluding hydrogens is 250 g/mol. The molecule has 3 N–H and O–H groups in total. The highest BCUT2D eigenvalue weighted by Gasteiger charge is 2.11. The summed E-state index contributed by atoms with van der Waals surface area (Å²) in [5.41, 5.74) is 5.84. The third-order valence-corrected chi connectivity index (χ3v) is 1.83. The summed E-state index contributed by atoms with van der Waals surface area (Å²) in [5, 5.41) is 2.75. The van der Waals surface area contributed by atoms with Crippen LogP contribution >= 0.6 is 12.2 Å². The molecule has 0 aliphatic carbocycles. The molecule has 0 radical (unpaired) electrons. The van der Waals surface area contributed by atoms with Crippen LogP contribution in [0.2, 0.25) is 0 Å². The van der Waals surface area contributed by atoms with Gasteiger partial charge in [0.1, 0.15) is 0 Å². The summed E-state index contributed by atoms with van der Waals surface area (Å²) < 4.78 is 33.7. The van der Waals surface area contributed by atoms with Crippen LogP contribution in [0.25, 0.3) is 0 Å². The van der Waals surface area contributed by atoms with Gasteiger partial charge in [0.15, 0.2) is 16.6 Å². The lowest BCUT2D eigenvalue weighted by atomic mass is 10.3. The molecule has 0 bridgehead atoms. The van der Waals surface area contributed by atoms with Crippen molar-refractivity contribution in [1.29, 1.82) is 0 Å². The molecule has 17 heavy (non-hydrogen) atoms. The molecule has 0 amide bonds. The number of ether oxygens (including phenoxy) is 2. The summed E-state index contributed by atoms with van der Waals surface area (Å²) in [5.74, 6) is 0.171. The largest absolute Gasteiger partial charge is 0.490 e. The van der Waals surface area contributed by atoms with Gasteiger partial charge in [0.2, 0.25) is 0 Å². The molecular formula is C10H12F2N2O2S. The number of thiocarbonyl (C=S) groups is 1. The van der Waals surface area contributed by atoms with Crippen LogP contribution in [-0.4, -0.2) is 18.3 Å². The topological polar surface area (TPSA) is 56.5 Å². The quantitative estimate of drug-likeness (QED) is 0.798. The van der Waals surface area contributed by atoms with E-state index in [1.54, 1.807) is 6.92 Å². The first kappa shape index (κ1) is 13.4. The Labute approximate surface area is 103 Å². The molecule has 0 aromatic heterocycles. The highest BCUT2D eigenvalue weighted by Crippen LogP contribution is 2.31. The summed E-state index contributed by atoms with van der Waals surface area (Å²) in [6, 6.07) is 4.36. The standard InChI is InChI=1S/C10H12F2N2O2S/c1-2-15-8-5-6(14-10(13)17)3-4-7(8)16-9(11)12/h3-5,9H,2H2,1H3,(H3,13,14,17). The van der Waals surface area contributed by atoms with Gasteiger partial charge in [0.05, 0.1) is 6.61 Å². The maximum atomic E-state index is 12.1. The molecule has 4 nitrogen and oxygen atoms in total. The minimum atomic E-state index is -2.90. The van der Waals surface area contributed by atoms with E-state index in [-0.39, 0.29) is 16.6 Å². The monoisotopic (exact) mass is 262 g/mol. The molecule has 1 aromatic rings. The molecule has 0 heterocycles. The Bertz CT molecular complexity index is 402. The van der Waals surface area contributed by atoms with Crippen molar-refractivity contribution in [3.05, 3.63) is 18.2 Å². The highest BCUT2D eigenvalue weighted by molar-refractivity contribution is 7.80. The third kappa shape index (κ3) is 4.39. The number of hydrogen-bond acceptors (Lipinski definition) is 3. The van der Waals surface area contributed by atoms with Gasteiger partial charge in [0.25, 0.3) is 0 Å². The van der Waals surface area contributed by atoms with E-state index in [4.69, 9.17) is 10.5 Å². The first-order chi connectivity index (χ1) is 8.02. The first-order valence-electron chi connectivity index (χ1n) is 4.81. The summed E-state index contributed by atoms with van der Waals surface area (Å²) in [6.07, 6.45) is 0. The second-order valence-electron chi connectivity index (χ2n) is 2.96. The third-order valence-electron chi connectivity index (χ3n) is 1.73. The van der Waals surface area contributed by atoms with Gasteiger partial charge >= 0.3 is 6.61 Å². The summed E-state index contributed by atoms with van der Waals surface area (Å²) in [4.78, 5) is 0. The Morgan fingerprint density at radius 3 is 2.71 bits per heavy atom. The highest BCUT2D eigenvalue weighted by atomic mass is 32.1. The van der Waals surface area contributed by atoms with Crippen LogP contribution in [0.1, 0.15) is 6.92 Å². The SMILES string of the molecule is CCOc1cc(NC(N)=S)ccc1OC(F)F. The Balaban J connectivity index is 2.94. The minimum absolute atomic E-state index is 0.0321. The number of anilines is 1. The van der Waals surface area contributed by atoms with Gasteiger partial charge in [-0.15, -0.1) is 0 Å². The maximum Gasteiger partial charge on any atom is 0.387 e. The smallest absolute Gasteiger partial charge is 0.387 e. The molecule has 0 unspecified atom stereocenters. The molecule has 7 heteroatoms. The van der Waals surface area contributed by atoms with Gasteiger partial charge in [-0.1, -0.05) is 0 Å². The predicted octanol–water partition coefficient (Wildman–Crippen LogP) is 2.34. The normalized spacial score (nSPS) is 10.1. The lowest BCUT2D eigenvalue weighted by Crippen LogP contribution is -2.18. The van der Waals surface area contributed by atoms with Crippen LogP contribution in [-0.2, 0) is 0 Å². The molecule has 94 valence electrons. The number of alkyl halides is 2. The van der Waals surface area contributed by atoms with E-state index in [0.717, 1.165) is 0 Å². The van der Waals surface area contributed by atoms with Crippen molar-refractivity contribution < 1.29 is 18.3 Å². The fourth-order valence-electron chi connectivity index (χ4n) is 1.19. The van der Waals surface area contributed by atoms with Crippen molar-refractivity contribution in [3.63, 3.8) is 0 Å². The van der Waals surface area contributed by atoms with Gasteiger partial charge in [0, 0.05) is 11.8 Å². The number of halogens is 2. The van der Waals surface area contributed by atoms with E-state index in [2.05, 4.69) is 22.3 Å².